The minimum atomic E-state index is 0. The number of aliphatic imine (C=N–C) groups is 1. The third kappa shape index (κ3) is 4.15. The molecule has 1 aliphatic heterocycles. The van der Waals surface area contributed by atoms with Gasteiger partial charge in [-0.3, -0.25) is 0 Å². The van der Waals surface area contributed by atoms with Crippen LogP contribution in [0.3, 0.4) is 0 Å². The van der Waals surface area contributed by atoms with Gasteiger partial charge < -0.3 is 19.7 Å². The van der Waals surface area contributed by atoms with E-state index in [2.05, 4.69) is 17.2 Å². The zero-order valence-corrected chi connectivity index (χ0v) is 13.8. The van der Waals surface area contributed by atoms with E-state index in [1.807, 2.05) is 37.2 Å². The molecule has 2 rings (SSSR count). The molecule has 106 valence electrons. The predicted octanol–water partition coefficient (Wildman–Crippen LogP) is 2.06. The van der Waals surface area contributed by atoms with Crippen molar-refractivity contribution in [2.24, 2.45) is 4.99 Å². The largest absolute Gasteiger partial charge is 0.454 e. The lowest BCUT2D eigenvalue weighted by Gasteiger charge is -2.16. The molecular formula is C13H20IN3O2. The highest BCUT2D eigenvalue weighted by Gasteiger charge is 2.12. The van der Waals surface area contributed by atoms with Gasteiger partial charge in [-0.1, -0.05) is 6.07 Å². The fourth-order valence-electron chi connectivity index (χ4n) is 1.72. The van der Waals surface area contributed by atoms with E-state index in [4.69, 9.17) is 9.47 Å². The molecule has 1 aromatic rings. The first kappa shape index (κ1) is 15.9. The molecule has 6 heteroatoms. The molecule has 0 spiro atoms. The van der Waals surface area contributed by atoms with Gasteiger partial charge in [-0.25, -0.2) is 4.99 Å². The Labute approximate surface area is 131 Å². The van der Waals surface area contributed by atoms with E-state index >= 15 is 0 Å². The molecule has 0 saturated carbocycles. The Hall–Kier alpha value is -1.18. The predicted molar refractivity (Wildman–Crippen MR) is 86.5 cm³/mol. The highest BCUT2D eigenvalue weighted by Crippen LogP contribution is 2.32. The first-order valence-corrected chi connectivity index (χ1v) is 6.05. The quantitative estimate of drug-likeness (QED) is 0.498. The number of ether oxygens (including phenoxy) is 2. The molecule has 0 unspecified atom stereocenters. The first-order valence-electron chi connectivity index (χ1n) is 6.05. The van der Waals surface area contributed by atoms with Crippen molar-refractivity contribution in [2.45, 2.75) is 13.5 Å². The van der Waals surface area contributed by atoms with E-state index in [0.29, 0.717) is 13.3 Å². The number of nitrogens with one attached hydrogen (secondary N) is 1. The monoisotopic (exact) mass is 377 g/mol. The van der Waals surface area contributed by atoms with E-state index in [9.17, 15) is 0 Å². The van der Waals surface area contributed by atoms with Gasteiger partial charge in [0, 0.05) is 20.6 Å². The standard InChI is InChI=1S/C13H19N3O2.HI/c1-4-14-13(16(2)3)15-8-10-5-6-11-12(7-10)18-9-17-11;/h5-7H,4,8-9H2,1-3H3,(H,14,15);1H. The summed E-state index contributed by atoms with van der Waals surface area (Å²) in [6.07, 6.45) is 0. The van der Waals surface area contributed by atoms with Crippen LogP contribution in [0, 0.1) is 0 Å². The van der Waals surface area contributed by atoms with Crippen LogP contribution in [0.5, 0.6) is 11.5 Å². The molecule has 0 atom stereocenters. The van der Waals surface area contributed by atoms with Gasteiger partial charge in [0.15, 0.2) is 17.5 Å². The molecule has 1 aromatic carbocycles. The number of hydrogen-bond acceptors (Lipinski definition) is 3. The Bertz CT molecular complexity index is 450. The smallest absolute Gasteiger partial charge is 0.231 e. The summed E-state index contributed by atoms with van der Waals surface area (Å²) in [6, 6.07) is 5.91. The zero-order chi connectivity index (χ0) is 13.0. The summed E-state index contributed by atoms with van der Waals surface area (Å²) >= 11 is 0. The summed E-state index contributed by atoms with van der Waals surface area (Å²) in [5.41, 5.74) is 1.11. The van der Waals surface area contributed by atoms with Crippen molar-refractivity contribution in [3.05, 3.63) is 23.8 Å². The summed E-state index contributed by atoms with van der Waals surface area (Å²) in [7, 11) is 3.95. The average molecular weight is 377 g/mol. The van der Waals surface area contributed by atoms with Gasteiger partial charge in [0.1, 0.15) is 0 Å². The van der Waals surface area contributed by atoms with E-state index in [-0.39, 0.29) is 24.0 Å². The number of rotatable bonds is 3. The molecule has 0 saturated heterocycles. The number of guanidine groups is 1. The van der Waals surface area contributed by atoms with E-state index < -0.39 is 0 Å². The summed E-state index contributed by atoms with van der Waals surface area (Å²) in [5.74, 6) is 2.50. The van der Waals surface area contributed by atoms with Crippen LogP contribution >= 0.6 is 24.0 Å². The van der Waals surface area contributed by atoms with E-state index in [1.165, 1.54) is 0 Å². The fourth-order valence-corrected chi connectivity index (χ4v) is 1.72. The highest BCUT2D eigenvalue weighted by molar-refractivity contribution is 14.0. The van der Waals surface area contributed by atoms with Crippen molar-refractivity contribution < 1.29 is 9.47 Å². The van der Waals surface area contributed by atoms with E-state index in [1.54, 1.807) is 0 Å². The Morgan fingerprint density at radius 3 is 2.74 bits per heavy atom. The molecule has 0 amide bonds. The molecule has 1 aliphatic rings. The Balaban J connectivity index is 0.00000180. The Kier molecular flexibility index (Phi) is 6.20. The van der Waals surface area contributed by atoms with Gasteiger partial charge in [-0.15, -0.1) is 24.0 Å². The third-order valence-corrected chi connectivity index (χ3v) is 2.61. The highest BCUT2D eigenvalue weighted by atomic mass is 127. The number of fused-ring (bicyclic) bond motifs is 1. The van der Waals surface area contributed by atoms with Crippen LogP contribution in [-0.2, 0) is 6.54 Å². The van der Waals surface area contributed by atoms with Crippen LogP contribution < -0.4 is 14.8 Å². The van der Waals surface area contributed by atoms with E-state index in [0.717, 1.165) is 29.6 Å². The van der Waals surface area contributed by atoms with Crippen LogP contribution in [-0.4, -0.2) is 38.3 Å². The number of nitrogens with zero attached hydrogens (tertiary/aromatic N) is 2. The van der Waals surface area contributed by atoms with Crippen LogP contribution in [0.2, 0.25) is 0 Å². The fraction of sp³-hybridized carbons (Fsp3) is 0.462. The summed E-state index contributed by atoms with van der Waals surface area (Å²) in [4.78, 5) is 6.51. The van der Waals surface area contributed by atoms with Crippen LogP contribution in [0.25, 0.3) is 0 Å². The number of halogens is 1. The molecule has 1 heterocycles. The van der Waals surface area contributed by atoms with Crippen molar-refractivity contribution in [3.8, 4) is 11.5 Å². The molecule has 0 radical (unpaired) electrons. The lowest BCUT2D eigenvalue weighted by atomic mass is 10.2. The second-order valence-electron chi connectivity index (χ2n) is 4.25. The van der Waals surface area contributed by atoms with Gasteiger partial charge in [-0.2, -0.15) is 0 Å². The maximum Gasteiger partial charge on any atom is 0.231 e. The summed E-state index contributed by atoms with van der Waals surface area (Å²) < 4.78 is 10.6. The maximum absolute atomic E-state index is 5.34. The third-order valence-electron chi connectivity index (χ3n) is 2.61. The minimum Gasteiger partial charge on any atom is -0.454 e. The number of hydrogen-bond donors (Lipinski definition) is 1. The lowest BCUT2D eigenvalue weighted by Crippen LogP contribution is -2.36. The van der Waals surface area contributed by atoms with Crippen LogP contribution in [0.1, 0.15) is 12.5 Å². The molecule has 0 aromatic heterocycles. The molecule has 0 aliphatic carbocycles. The number of benzene rings is 1. The first-order chi connectivity index (χ1) is 8.70. The maximum atomic E-state index is 5.34. The topological polar surface area (TPSA) is 46.1 Å². The average Bonchev–Trinajstić information content (AvgIpc) is 2.81. The van der Waals surface area contributed by atoms with Crippen molar-refractivity contribution >= 4 is 29.9 Å². The van der Waals surface area contributed by atoms with Gasteiger partial charge >= 0.3 is 0 Å². The minimum absolute atomic E-state index is 0. The Morgan fingerprint density at radius 2 is 2.05 bits per heavy atom. The van der Waals surface area contributed by atoms with Gasteiger partial charge in [0.05, 0.1) is 6.54 Å². The summed E-state index contributed by atoms with van der Waals surface area (Å²) in [6.45, 7) is 3.84. The zero-order valence-electron chi connectivity index (χ0n) is 11.5. The van der Waals surface area contributed by atoms with Crippen molar-refractivity contribution in [1.29, 1.82) is 0 Å². The summed E-state index contributed by atoms with van der Waals surface area (Å²) in [5, 5.41) is 3.22. The normalized spacial score (nSPS) is 12.9. The second-order valence-corrected chi connectivity index (χ2v) is 4.25. The molecule has 0 fully saturated rings. The van der Waals surface area contributed by atoms with Crippen LogP contribution in [0.4, 0.5) is 0 Å². The Morgan fingerprint density at radius 1 is 1.32 bits per heavy atom. The second kappa shape index (κ2) is 7.42. The van der Waals surface area contributed by atoms with Gasteiger partial charge in [0.2, 0.25) is 6.79 Å². The molecule has 19 heavy (non-hydrogen) atoms. The molecular weight excluding hydrogens is 357 g/mol. The SMILES string of the molecule is CCNC(=NCc1ccc2c(c1)OCO2)N(C)C.I. The van der Waals surface area contributed by atoms with Crippen LogP contribution in [0.15, 0.2) is 23.2 Å². The van der Waals surface area contributed by atoms with Gasteiger partial charge in [-0.05, 0) is 24.6 Å². The molecule has 0 bridgehead atoms. The molecule has 1 N–H and O–H groups in total. The van der Waals surface area contributed by atoms with Crippen molar-refractivity contribution in [2.75, 3.05) is 27.4 Å². The molecule has 5 nitrogen and oxygen atoms in total. The lowest BCUT2D eigenvalue weighted by molar-refractivity contribution is 0.174. The van der Waals surface area contributed by atoms with Crippen molar-refractivity contribution in [3.63, 3.8) is 0 Å². The van der Waals surface area contributed by atoms with Gasteiger partial charge in [0.25, 0.3) is 0 Å². The van der Waals surface area contributed by atoms with Crippen molar-refractivity contribution in [1.82, 2.24) is 10.2 Å².